The van der Waals surface area contributed by atoms with Crippen LogP contribution in [-0.4, -0.2) is 34.7 Å². The number of alkyl halides is 3. The molecule has 0 aliphatic heterocycles. The number of thiazole rings is 1. The van der Waals surface area contributed by atoms with E-state index in [1.165, 1.54) is 18.6 Å². The summed E-state index contributed by atoms with van der Waals surface area (Å²) in [6.45, 7) is 0. The van der Waals surface area contributed by atoms with Gasteiger partial charge in [-0.05, 0) is 12.1 Å². The molecule has 0 radical (unpaired) electrons. The van der Waals surface area contributed by atoms with Gasteiger partial charge in [0.25, 0.3) is 0 Å². The summed E-state index contributed by atoms with van der Waals surface area (Å²) in [6.07, 6.45) is 0.714. The van der Waals surface area contributed by atoms with Crippen molar-refractivity contribution in [2.75, 3.05) is 14.1 Å². The Labute approximate surface area is 128 Å². The number of allylic oxidation sites excluding steroid dienone is 1. The van der Waals surface area contributed by atoms with Crippen molar-refractivity contribution in [3.8, 4) is 10.6 Å². The van der Waals surface area contributed by atoms with E-state index in [4.69, 9.17) is 0 Å². The molecule has 0 fully saturated rings. The van der Waals surface area contributed by atoms with Crippen molar-refractivity contribution in [2.24, 2.45) is 0 Å². The Morgan fingerprint density at radius 3 is 2.64 bits per heavy atom. The molecule has 4 nitrogen and oxygen atoms in total. The number of ketones is 1. The number of carbonyl (C=O) groups is 1. The highest BCUT2D eigenvalue weighted by molar-refractivity contribution is 7.17. The molecule has 0 unspecified atom stereocenters. The highest BCUT2D eigenvalue weighted by Gasteiger charge is 2.39. The lowest BCUT2D eigenvalue weighted by Gasteiger charge is -2.05. The van der Waals surface area contributed by atoms with Crippen LogP contribution in [0.15, 0.2) is 36.8 Å². The fourth-order valence-corrected chi connectivity index (χ4v) is 2.58. The number of aromatic nitrogens is 2. The second-order valence-corrected chi connectivity index (χ2v) is 5.58. The van der Waals surface area contributed by atoms with E-state index in [2.05, 4.69) is 9.97 Å². The van der Waals surface area contributed by atoms with Gasteiger partial charge in [-0.1, -0.05) is 0 Å². The van der Waals surface area contributed by atoms with Crippen LogP contribution in [0, 0.1) is 0 Å². The van der Waals surface area contributed by atoms with E-state index in [0.29, 0.717) is 16.9 Å². The summed E-state index contributed by atoms with van der Waals surface area (Å²) in [4.78, 5) is 20.6. The van der Waals surface area contributed by atoms with E-state index in [1.807, 2.05) is 0 Å². The third-order valence-corrected chi connectivity index (χ3v) is 3.67. The SMILES string of the molecule is CN(C)/C=C/C(=O)c1sc(-c2cccnc2)nc1C(F)(F)F. The fraction of sp³-hybridized carbons (Fsp3) is 0.214. The van der Waals surface area contributed by atoms with Gasteiger partial charge in [-0.2, -0.15) is 13.2 Å². The van der Waals surface area contributed by atoms with Crippen molar-refractivity contribution in [2.45, 2.75) is 6.18 Å². The van der Waals surface area contributed by atoms with Crippen molar-refractivity contribution in [3.05, 3.63) is 47.4 Å². The minimum atomic E-state index is -4.69. The Bertz CT molecular complexity index is 693. The van der Waals surface area contributed by atoms with Crippen molar-refractivity contribution >= 4 is 17.1 Å². The Kier molecular flexibility index (Phi) is 4.60. The van der Waals surface area contributed by atoms with Crippen molar-refractivity contribution in [1.29, 1.82) is 0 Å². The van der Waals surface area contributed by atoms with Crippen LogP contribution in [0.25, 0.3) is 10.6 Å². The van der Waals surface area contributed by atoms with Crippen molar-refractivity contribution in [3.63, 3.8) is 0 Å². The van der Waals surface area contributed by atoms with Gasteiger partial charge >= 0.3 is 6.18 Å². The second kappa shape index (κ2) is 6.27. The number of carbonyl (C=O) groups excluding carboxylic acids is 1. The number of nitrogens with zero attached hydrogens (tertiary/aromatic N) is 3. The van der Waals surface area contributed by atoms with E-state index >= 15 is 0 Å². The predicted octanol–water partition coefficient (Wildman–Crippen LogP) is 3.48. The van der Waals surface area contributed by atoms with E-state index in [1.54, 1.807) is 31.1 Å². The Morgan fingerprint density at radius 1 is 1.36 bits per heavy atom. The zero-order valence-corrected chi connectivity index (χ0v) is 12.6. The third kappa shape index (κ3) is 3.70. The lowest BCUT2D eigenvalue weighted by atomic mass is 10.2. The molecular formula is C14H12F3N3OS. The molecule has 2 heterocycles. The second-order valence-electron chi connectivity index (χ2n) is 4.58. The first-order valence-electron chi connectivity index (χ1n) is 6.16. The first kappa shape index (κ1) is 16.2. The van der Waals surface area contributed by atoms with Gasteiger partial charge in [0, 0.05) is 44.3 Å². The molecular weight excluding hydrogens is 315 g/mol. The molecule has 116 valence electrons. The minimum absolute atomic E-state index is 0.113. The van der Waals surface area contributed by atoms with Gasteiger partial charge in [-0.3, -0.25) is 9.78 Å². The molecule has 8 heteroatoms. The van der Waals surface area contributed by atoms with Gasteiger partial charge in [0.1, 0.15) is 9.88 Å². The molecule has 0 atom stereocenters. The molecule has 0 saturated heterocycles. The molecule has 2 rings (SSSR count). The average Bonchev–Trinajstić information content (AvgIpc) is 2.91. The first-order valence-corrected chi connectivity index (χ1v) is 6.98. The van der Waals surface area contributed by atoms with Crippen LogP contribution in [0.4, 0.5) is 13.2 Å². The maximum atomic E-state index is 13.1. The number of halogens is 3. The topological polar surface area (TPSA) is 46.1 Å². The fourth-order valence-electron chi connectivity index (χ4n) is 1.58. The molecule has 0 spiro atoms. The first-order chi connectivity index (χ1) is 10.3. The maximum absolute atomic E-state index is 13.1. The van der Waals surface area contributed by atoms with Crippen molar-refractivity contribution < 1.29 is 18.0 Å². The molecule has 0 N–H and O–H groups in total. The van der Waals surface area contributed by atoms with Crippen LogP contribution in [0.5, 0.6) is 0 Å². The Balaban J connectivity index is 2.48. The molecule has 0 aromatic carbocycles. The lowest BCUT2D eigenvalue weighted by Crippen LogP contribution is -2.11. The van der Waals surface area contributed by atoms with Gasteiger partial charge in [-0.25, -0.2) is 4.98 Å². The van der Waals surface area contributed by atoms with Gasteiger partial charge in [0.05, 0.1) is 0 Å². The van der Waals surface area contributed by atoms with Crippen LogP contribution in [0.3, 0.4) is 0 Å². The summed E-state index contributed by atoms with van der Waals surface area (Å²) in [5, 5.41) is 0.113. The summed E-state index contributed by atoms with van der Waals surface area (Å²) >= 11 is 0.709. The summed E-state index contributed by atoms with van der Waals surface area (Å²) in [6, 6.07) is 3.19. The Morgan fingerprint density at radius 2 is 2.09 bits per heavy atom. The van der Waals surface area contributed by atoms with Gasteiger partial charge < -0.3 is 4.90 Å². The highest BCUT2D eigenvalue weighted by Crippen LogP contribution is 2.37. The summed E-state index contributed by atoms with van der Waals surface area (Å²) in [5.74, 6) is -0.728. The molecule has 22 heavy (non-hydrogen) atoms. The van der Waals surface area contributed by atoms with Gasteiger partial charge in [0.15, 0.2) is 11.5 Å². The van der Waals surface area contributed by atoms with E-state index in [-0.39, 0.29) is 5.01 Å². The van der Waals surface area contributed by atoms with Crippen LogP contribution in [-0.2, 0) is 6.18 Å². The maximum Gasteiger partial charge on any atom is 0.434 e. The summed E-state index contributed by atoms with van der Waals surface area (Å²) in [7, 11) is 3.34. The largest absolute Gasteiger partial charge is 0.434 e. The molecule has 0 bridgehead atoms. The van der Waals surface area contributed by atoms with Gasteiger partial charge in [0.2, 0.25) is 0 Å². The molecule has 0 amide bonds. The number of rotatable bonds is 4. The highest BCUT2D eigenvalue weighted by atomic mass is 32.1. The number of hydrogen-bond acceptors (Lipinski definition) is 5. The summed E-state index contributed by atoms with van der Waals surface area (Å²) < 4.78 is 39.2. The lowest BCUT2D eigenvalue weighted by molar-refractivity contribution is -0.140. The van der Waals surface area contributed by atoms with E-state index in [0.717, 1.165) is 6.08 Å². The molecule has 0 aliphatic rings. The van der Waals surface area contributed by atoms with E-state index < -0.39 is 22.5 Å². The predicted molar refractivity (Wildman–Crippen MR) is 77.5 cm³/mol. The third-order valence-electron chi connectivity index (χ3n) is 2.55. The average molecular weight is 327 g/mol. The number of hydrogen-bond donors (Lipinski definition) is 0. The summed E-state index contributed by atoms with van der Waals surface area (Å²) in [5.41, 5.74) is -0.724. The minimum Gasteiger partial charge on any atom is -0.383 e. The van der Waals surface area contributed by atoms with Crippen LogP contribution in [0.1, 0.15) is 15.4 Å². The molecule has 2 aromatic heterocycles. The molecule has 2 aromatic rings. The standard InChI is InChI=1S/C14H12F3N3OS/c1-20(2)7-5-10(21)11-12(14(15,16)17)19-13(22-11)9-4-3-6-18-8-9/h3-8H,1-2H3/b7-5+. The zero-order valence-electron chi connectivity index (χ0n) is 11.8. The molecule has 0 aliphatic carbocycles. The monoisotopic (exact) mass is 327 g/mol. The normalized spacial score (nSPS) is 11.9. The van der Waals surface area contributed by atoms with E-state index in [9.17, 15) is 18.0 Å². The molecule has 0 saturated carbocycles. The van der Waals surface area contributed by atoms with Crippen LogP contribution < -0.4 is 0 Å². The zero-order chi connectivity index (χ0) is 16.3. The van der Waals surface area contributed by atoms with Crippen LogP contribution >= 0.6 is 11.3 Å². The smallest absolute Gasteiger partial charge is 0.383 e. The van der Waals surface area contributed by atoms with Gasteiger partial charge in [-0.15, -0.1) is 11.3 Å². The van der Waals surface area contributed by atoms with Crippen LogP contribution in [0.2, 0.25) is 0 Å². The Hall–Kier alpha value is -2.22. The number of pyridine rings is 1. The quantitative estimate of drug-likeness (QED) is 0.637. The van der Waals surface area contributed by atoms with Crippen molar-refractivity contribution in [1.82, 2.24) is 14.9 Å².